The average Bonchev–Trinajstić information content (AvgIpc) is 2.63. The van der Waals surface area contributed by atoms with Crippen LogP contribution in [-0.2, 0) is 5.75 Å². The molecule has 0 bridgehead atoms. The van der Waals surface area contributed by atoms with E-state index in [4.69, 9.17) is 9.68 Å². The van der Waals surface area contributed by atoms with E-state index < -0.39 is 0 Å². The molecule has 15 heavy (non-hydrogen) atoms. The molecule has 1 heterocycles. The summed E-state index contributed by atoms with van der Waals surface area (Å²) in [5.41, 5.74) is 1.18. The van der Waals surface area contributed by atoms with Crippen molar-refractivity contribution in [2.75, 3.05) is 12.3 Å². The Morgan fingerprint density at radius 1 is 1.67 bits per heavy atom. The molecule has 1 rings (SSSR count). The van der Waals surface area contributed by atoms with E-state index in [1.807, 2.05) is 19.9 Å². The number of hydrogen-bond acceptors (Lipinski definition) is 4. The van der Waals surface area contributed by atoms with Crippen LogP contribution in [0.15, 0.2) is 16.7 Å². The Morgan fingerprint density at radius 2 is 2.47 bits per heavy atom. The van der Waals surface area contributed by atoms with Gasteiger partial charge in [0.15, 0.2) is 0 Å². The van der Waals surface area contributed by atoms with Crippen LogP contribution in [0.2, 0.25) is 0 Å². The molecule has 1 aromatic heterocycles. The Kier molecular flexibility index (Phi) is 5.30. The van der Waals surface area contributed by atoms with Crippen molar-refractivity contribution in [2.45, 2.75) is 25.6 Å². The molecule has 0 amide bonds. The first kappa shape index (κ1) is 12.2. The van der Waals surface area contributed by atoms with E-state index in [2.05, 4.69) is 11.4 Å². The van der Waals surface area contributed by atoms with E-state index in [1.165, 1.54) is 5.56 Å². The zero-order valence-electron chi connectivity index (χ0n) is 9.12. The van der Waals surface area contributed by atoms with Crippen molar-refractivity contribution in [1.82, 2.24) is 5.32 Å². The summed E-state index contributed by atoms with van der Waals surface area (Å²) in [5, 5.41) is 11.9. The topological polar surface area (TPSA) is 49.0 Å². The van der Waals surface area contributed by atoms with Crippen molar-refractivity contribution in [2.24, 2.45) is 0 Å². The minimum absolute atomic E-state index is 0.0599. The van der Waals surface area contributed by atoms with Gasteiger partial charge >= 0.3 is 0 Å². The highest BCUT2D eigenvalue weighted by molar-refractivity contribution is 7.98. The summed E-state index contributed by atoms with van der Waals surface area (Å²) in [5.74, 6) is 2.64. The lowest BCUT2D eigenvalue weighted by molar-refractivity contribution is 0.527. The maximum absolute atomic E-state index is 8.82. The van der Waals surface area contributed by atoms with Crippen LogP contribution in [0.4, 0.5) is 0 Å². The first-order valence-electron chi connectivity index (χ1n) is 5.01. The van der Waals surface area contributed by atoms with E-state index in [0.29, 0.717) is 0 Å². The third-order valence-electron chi connectivity index (χ3n) is 2.09. The molecule has 0 aliphatic carbocycles. The van der Waals surface area contributed by atoms with Gasteiger partial charge in [-0.1, -0.05) is 6.92 Å². The van der Waals surface area contributed by atoms with Crippen molar-refractivity contribution in [3.63, 3.8) is 0 Å². The number of nitrogens with one attached hydrogen (secondary N) is 1. The number of furan rings is 1. The molecule has 1 unspecified atom stereocenters. The van der Waals surface area contributed by atoms with Gasteiger partial charge in [-0.25, -0.2) is 0 Å². The first-order chi connectivity index (χ1) is 7.27. The first-order valence-corrected chi connectivity index (χ1v) is 6.17. The summed E-state index contributed by atoms with van der Waals surface area (Å²) in [4.78, 5) is 0. The van der Waals surface area contributed by atoms with Crippen LogP contribution >= 0.6 is 11.8 Å². The number of aryl methyl sites for hydroxylation is 1. The monoisotopic (exact) mass is 224 g/mol. The lowest BCUT2D eigenvalue weighted by atomic mass is 10.3. The van der Waals surface area contributed by atoms with E-state index in [0.717, 1.165) is 23.8 Å². The summed E-state index contributed by atoms with van der Waals surface area (Å²) >= 11 is 1.72. The van der Waals surface area contributed by atoms with Crippen molar-refractivity contribution in [1.29, 1.82) is 5.26 Å². The summed E-state index contributed by atoms with van der Waals surface area (Å²) in [6.45, 7) is 4.87. The molecule has 0 saturated heterocycles. The number of rotatable bonds is 6. The molecule has 1 N–H and O–H groups in total. The fraction of sp³-hybridized carbons (Fsp3) is 0.545. The van der Waals surface area contributed by atoms with Gasteiger partial charge in [-0.05, 0) is 25.1 Å². The number of hydrogen-bond donors (Lipinski definition) is 1. The van der Waals surface area contributed by atoms with Gasteiger partial charge in [0.1, 0.15) is 11.8 Å². The minimum atomic E-state index is -0.0599. The Labute approximate surface area is 94.8 Å². The van der Waals surface area contributed by atoms with Gasteiger partial charge in [0, 0.05) is 5.75 Å². The van der Waals surface area contributed by atoms with Gasteiger partial charge in [-0.3, -0.25) is 0 Å². The Hall–Kier alpha value is -0.920. The molecular formula is C11H16N2OS. The number of nitrogens with zero attached hydrogens (tertiary/aromatic N) is 1. The molecule has 4 heteroatoms. The molecule has 1 atom stereocenters. The van der Waals surface area contributed by atoms with Crippen LogP contribution in [0.5, 0.6) is 0 Å². The molecular weight excluding hydrogens is 208 g/mol. The lowest BCUT2D eigenvalue weighted by Gasteiger charge is -2.08. The SMILES string of the molecule is CCNC(C#N)CSCc1occc1C. The summed E-state index contributed by atoms with van der Waals surface area (Å²) < 4.78 is 5.32. The quantitative estimate of drug-likeness (QED) is 0.805. The van der Waals surface area contributed by atoms with Crippen molar-refractivity contribution < 1.29 is 4.42 Å². The molecule has 0 radical (unpaired) electrons. The maximum Gasteiger partial charge on any atom is 0.116 e. The standard InChI is InChI=1S/C11H16N2OS/c1-3-13-10(6-12)7-15-8-11-9(2)4-5-14-11/h4-5,10,13H,3,7-8H2,1-2H3. The van der Waals surface area contributed by atoms with Crippen molar-refractivity contribution in [3.05, 3.63) is 23.7 Å². The van der Waals surface area contributed by atoms with Gasteiger partial charge in [0.25, 0.3) is 0 Å². The molecule has 0 aliphatic heterocycles. The van der Waals surface area contributed by atoms with Crippen LogP contribution < -0.4 is 5.32 Å². The molecule has 0 aromatic carbocycles. The number of thioether (sulfide) groups is 1. The average molecular weight is 224 g/mol. The zero-order chi connectivity index (χ0) is 11.1. The Balaban J connectivity index is 2.27. The van der Waals surface area contributed by atoms with Gasteiger partial charge in [0.05, 0.1) is 18.1 Å². The molecule has 82 valence electrons. The second-order valence-corrected chi connectivity index (χ2v) is 4.31. The third-order valence-corrected chi connectivity index (χ3v) is 3.13. The van der Waals surface area contributed by atoms with E-state index in [9.17, 15) is 0 Å². The molecule has 0 fully saturated rings. The highest BCUT2D eigenvalue weighted by Crippen LogP contribution is 2.17. The lowest BCUT2D eigenvalue weighted by Crippen LogP contribution is -2.29. The Morgan fingerprint density at radius 3 is 3.00 bits per heavy atom. The molecule has 0 aliphatic rings. The van der Waals surface area contributed by atoms with Crippen LogP contribution in [0.1, 0.15) is 18.2 Å². The highest BCUT2D eigenvalue weighted by atomic mass is 32.2. The second kappa shape index (κ2) is 6.54. The largest absolute Gasteiger partial charge is 0.468 e. The van der Waals surface area contributed by atoms with Crippen molar-refractivity contribution >= 4 is 11.8 Å². The van der Waals surface area contributed by atoms with Gasteiger partial charge in [-0.2, -0.15) is 17.0 Å². The van der Waals surface area contributed by atoms with E-state index in [1.54, 1.807) is 18.0 Å². The van der Waals surface area contributed by atoms with Gasteiger partial charge < -0.3 is 9.73 Å². The van der Waals surface area contributed by atoms with Crippen LogP contribution in [0, 0.1) is 18.3 Å². The smallest absolute Gasteiger partial charge is 0.116 e. The molecule has 0 saturated carbocycles. The normalized spacial score (nSPS) is 12.3. The molecule has 1 aromatic rings. The second-order valence-electron chi connectivity index (χ2n) is 3.28. The predicted molar refractivity (Wildman–Crippen MR) is 62.7 cm³/mol. The fourth-order valence-corrected chi connectivity index (χ4v) is 2.24. The summed E-state index contributed by atoms with van der Waals surface area (Å²) in [6, 6.07) is 4.14. The Bertz CT molecular complexity index is 330. The zero-order valence-corrected chi connectivity index (χ0v) is 9.93. The fourth-order valence-electron chi connectivity index (χ4n) is 1.21. The van der Waals surface area contributed by atoms with Crippen LogP contribution in [0.25, 0.3) is 0 Å². The van der Waals surface area contributed by atoms with Crippen molar-refractivity contribution in [3.8, 4) is 6.07 Å². The molecule has 3 nitrogen and oxygen atoms in total. The van der Waals surface area contributed by atoms with E-state index >= 15 is 0 Å². The predicted octanol–water partition coefficient (Wildman–Crippen LogP) is 2.32. The van der Waals surface area contributed by atoms with Gasteiger partial charge in [-0.15, -0.1) is 0 Å². The summed E-state index contributed by atoms with van der Waals surface area (Å²) in [7, 11) is 0. The highest BCUT2D eigenvalue weighted by Gasteiger charge is 2.07. The van der Waals surface area contributed by atoms with Crippen LogP contribution in [-0.4, -0.2) is 18.3 Å². The minimum Gasteiger partial charge on any atom is -0.468 e. The summed E-state index contributed by atoms with van der Waals surface area (Å²) in [6.07, 6.45) is 1.71. The van der Waals surface area contributed by atoms with Crippen LogP contribution in [0.3, 0.4) is 0 Å². The number of nitriles is 1. The third kappa shape index (κ3) is 3.98. The van der Waals surface area contributed by atoms with Gasteiger partial charge in [0.2, 0.25) is 0 Å². The van der Waals surface area contributed by atoms with E-state index in [-0.39, 0.29) is 6.04 Å². The molecule has 0 spiro atoms. The maximum atomic E-state index is 8.82.